The molecule has 0 spiro atoms. The van der Waals surface area contributed by atoms with Gasteiger partial charge in [0, 0.05) is 0 Å². The maximum atomic E-state index is 3.81. The van der Waals surface area contributed by atoms with E-state index in [1.54, 1.807) is 0 Å². The van der Waals surface area contributed by atoms with Crippen LogP contribution in [0.4, 0.5) is 0 Å². The van der Waals surface area contributed by atoms with Crippen molar-refractivity contribution >= 4 is 0 Å². The number of hydrogen-bond acceptors (Lipinski definition) is 0. The minimum atomic E-state index is 1.02. The number of allylic oxidation sites excluding steroid dienone is 4. The van der Waals surface area contributed by atoms with E-state index in [1.807, 2.05) is 0 Å². The quantitative estimate of drug-likeness (QED) is 0.303. The predicted molar refractivity (Wildman–Crippen MR) is 75.5 cm³/mol. The van der Waals surface area contributed by atoms with Gasteiger partial charge in [-0.2, -0.15) is 0 Å². The Hall–Kier alpha value is -0.520. The molecule has 0 aliphatic heterocycles. The summed E-state index contributed by atoms with van der Waals surface area (Å²) < 4.78 is 0. The summed E-state index contributed by atoms with van der Waals surface area (Å²) in [6.07, 6.45) is 21.9. The highest BCUT2D eigenvalue weighted by molar-refractivity contribution is 4.88. The van der Waals surface area contributed by atoms with Gasteiger partial charge in [-0.05, 0) is 38.5 Å². The van der Waals surface area contributed by atoms with Gasteiger partial charge in [0.2, 0.25) is 0 Å². The van der Waals surface area contributed by atoms with Gasteiger partial charge in [-0.1, -0.05) is 63.8 Å². The van der Waals surface area contributed by atoms with Crippen LogP contribution in [0.3, 0.4) is 0 Å². The van der Waals surface area contributed by atoms with Crippen LogP contribution in [0.15, 0.2) is 24.3 Å². The van der Waals surface area contributed by atoms with Gasteiger partial charge >= 0.3 is 0 Å². The van der Waals surface area contributed by atoms with E-state index in [4.69, 9.17) is 0 Å². The van der Waals surface area contributed by atoms with Gasteiger partial charge in [0.25, 0.3) is 0 Å². The van der Waals surface area contributed by atoms with Crippen molar-refractivity contribution < 1.29 is 0 Å². The van der Waals surface area contributed by atoms with Crippen LogP contribution >= 0.6 is 0 Å². The Morgan fingerprint density at radius 1 is 0.688 bits per heavy atom. The molecule has 0 saturated heterocycles. The molecule has 0 heteroatoms. The van der Waals surface area contributed by atoms with Crippen LogP contribution in [0, 0.1) is 6.92 Å². The summed E-state index contributed by atoms with van der Waals surface area (Å²) in [6.45, 7) is 6.08. The van der Waals surface area contributed by atoms with Crippen molar-refractivity contribution in [1.82, 2.24) is 0 Å². The molecule has 1 radical (unpaired) electrons. The van der Waals surface area contributed by atoms with E-state index in [0.717, 1.165) is 12.8 Å². The van der Waals surface area contributed by atoms with Crippen LogP contribution in [-0.4, -0.2) is 0 Å². The summed E-state index contributed by atoms with van der Waals surface area (Å²) in [6, 6.07) is 0. The van der Waals surface area contributed by atoms with Crippen molar-refractivity contribution in [2.24, 2.45) is 0 Å². The lowest BCUT2D eigenvalue weighted by Gasteiger charge is -1.95. The molecule has 0 fully saturated rings. The first-order chi connectivity index (χ1) is 7.91. The van der Waals surface area contributed by atoms with E-state index in [2.05, 4.69) is 38.2 Å². The summed E-state index contributed by atoms with van der Waals surface area (Å²) in [5.41, 5.74) is 0. The SMILES string of the molecule is [CH2]CCC=CCCC=CCCCCCCC. The lowest BCUT2D eigenvalue weighted by Crippen LogP contribution is -1.76. The Balaban J connectivity index is 3.10. The Morgan fingerprint density at radius 3 is 1.88 bits per heavy atom. The molecule has 0 nitrogen and oxygen atoms in total. The second-order valence-electron chi connectivity index (χ2n) is 4.37. The van der Waals surface area contributed by atoms with Crippen LogP contribution in [0.2, 0.25) is 0 Å². The van der Waals surface area contributed by atoms with Crippen molar-refractivity contribution in [1.29, 1.82) is 0 Å². The van der Waals surface area contributed by atoms with E-state index in [1.165, 1.54) is 51.4 Å². The molecule has 0 saturated carbocycles. The van der Waals surface area contributed by atoms with E-state index < -0.39 is 0 Å². The molecule has 93 valence electrons. The molecule has 0 unspecified atom stereocenters. The van der Waals surface area contributed by atoms with Crippen molar-refractivity contribution in [2.45, 2.75) is 71.1 Å². The first-order valence-corrected chi connectivity index (χ1v) is 7.01. The molecular formula is C16H29. The van der Waals surface area contributed by atoms with E-state index in [-0.39, 0.29) is 0 Å². The average Bonchev–Trinajstić information content (AvgIpc) is 2.31. The fourth-order valence-electron chi connectivity index (χ4n) is 1.65. The van der Waals surface area contributed by atoms with Crippen molar-refractivity contribution in [3.8, 4) is 0 Å². The molecule has 0 atom stereocenters. The third kappa shape index (κ3) is 13.5. The minimum absolute atomic E-state index is 1.02. The lowest BCUT2D eigenvalue weighted by molar-refractivity contribution is 0.637. The Kier molecular flexibility index (Phi) is 14.0. The Bertz CT molecular complexity index is 165. The molecule has 0 aromatic carbocycles. The van der Waals surface area contributed by atoms with Crippen molar-refractivity contribution in [2.75, 3.05) is 0 Å². The van der Waals surface area contributed by atoms with Crippen LogP contribution in [0.1, 0.15) is 71.1 Å². The Morgan fingerprint density at radius 2 is 1.25 bits per heavy atom. The zero-order chi connectivity index (χ0) is 11.9. The van der Waals surface area contributed by atoms with Crippen LogP contribution in [-0.2, 0) is 0 Å². The maximum absolute atomic E-state index is 3.81. The summed E-state index contributed by atoms with van der Waals surface area (Å²) >= 11 is 0. The predicted octanol–water partition coefficient (Wildman–Crippen LogP) is 5.85. The summed E-state index contributed by atoms with van der Waals surface area (Å²) in [7, 11) is 0. The fourth-order valence-corrected chi connectivity index (χ4v) is 1.65. The molecule has 0 aliphatic rings. The second kappa shape index (κ2) is 14.5. The molecule has 16 heavy (non-hydrogen) atoms. The first-order valence-electron chi connectivity index (χ1n) is 7.01. The second-order valence-corrected chi connectivity index (χ2v) is 4.37. The van der Waals surface area contributed by atoms with Gasteiger partial charge in [0.1, 0.15) is 0 Å². The third-order valence-electron chi connectivity index (χ3n) is 2.68. The average molecular weight is 221 g/mol. The zero-order valence-corrected chi connectivity index (χ0v) is 11.1. The molecule has 0 aliphatic carbocycles. The summed E-state index contributed by atoms with van der Waals surface area (Å²) in [4.78, 5) is 0. The van der Waals surface area contributed by atoms with Crippen LogP contribution in [0.5, 0.6) is 0 Å². The van der Waals surface area contributed by atoms with Gasteiger partial charge in [-0.3, -0.25) is 0 Å². The van der Waals surface area contributed by atoms with E-state index in [9.17, 15) is 0 Å². The lowest BCUT2D eigenvalue weighted by atomic mass is 10.1. The molecule has 0 aromatic heterocycles. The van der Waals surface area contributed by atoms with Crippen LogP contribution < -0.4 is 0 Å². The molecule has 0 amide bonds. The monoisotopic (exact) mass is 221 g/mol. The molecule has 0 aromatic rings. The van der Waals surface area contributed by atoms with Gasteiger partial charge in [0.05, 0.1) is 0 Å². The fraction of sp³-hybridized carbons (Fsp3) is 0.688. The number of hydrogen-bond donors (Lipinski definition) is 0. The number of unbranched alkanes of at least 4 members (excludes halogenated alkanes) is 7. The van der Waals surface area contributed by atoms with Gasteiger partial charge in [0.15, 0.2) is 0 Å². The smallest absolute Gasteiger partial charge is 0.0316 e. The molecule has 0 bridgehead atoms. The molecule has 0 heterocycles. The van der Waals surface area contributed by atoms with Crippen molar-refractivity contribution in [3.05, 3.63) is 31.2 Å². The highest BCUT2D eigenvalue weighted by Gasteiger charge is 1.86. The van der Waals surface area contributed by atoms with Gasteiger partial charge in [-0.15, -0.1) is 0 Å². The van der Waals surface area contributed by atoms with E-state index >= 15 is 0 Å². The van der Waals surface area contributed by atoms with Crippen molar-refractivity contribution in [3.63, 3.8) is 0 Å². The highest BCUT2D eigenvalue weighted by atomic mass is 13.9. The van der Waals surface area contributed by atoms with E-state index in [0.29, 0.717) is 0 Å². The summed E-state index contributed by atoms with van der Waals surface area (Å²) in [5, 5.41) is 0. The molecular weight excluding hydrogens is 192 g/mol. The van der Waals surface area contributed by atoms with Gasteiger partial charge < -0.3 is 0 Å². The normalized spacial score (nSPS) is 11.9. The maximum Gasteiger partial charge on any atom is -0.0316 e. The topological polar surface area (TPSA) is 0 Å². The zero-order valence-electron chi connectivity index (χ0n) is 11.1. The first kappa shape index (κ1) is 15.5. The molecule has 0 N–H and O–H groups in total. The summed E-state index contributed by atoms with van der Waals surface area (Å²) in [5.74, 6) is 0. The molecule has 0 rings (SSSR count). The third-order valence-corrected chi connectivity index (χ3v) is 2.68. The largest absolute Gasteiger partial charge is 0.0885 e. The van der Waals surface area contributed by atoms with Crippen LogP contribution in [0.25, 0.3) is 0 Å². The highest BCUT2D eigenvalue weighted by Crippen LogP contribution is 2.06. The number of rotatable bonds is 11. The minimum Gasteiger partial charge on any atom is -0.0885 e. The standard InChI is InChI=1S/C16H29/c1-3-5-7-9-11-13-15-16-14-12-10-8-6-4-2/h7,9,15-16H,1,3-6,8,10-14H2,2H3. The van der Waals surface area contributed by atoms with Gasteiger partial charge in [-0.25, -0.2) is 0 Å². The Labute approximate surface area is 103 Å².